The van der Waals surface area contributed by atoms with Crippen molar-refractivity contribution in [1.29, 1.82) is 0 Å². The molecule has 2 aliphatic rings. The van der Waals surface area contributed by atoms with E-state index in [1.807, 2.05) is 11.0 Å². The Bertz CT molecular complexity index is 818. The summed E-state index contributed by atoms with van der Waals surface area (Å²) < 4.78 is 7.00. The lowest BCUT2D eigenvalue weighted by Gasteiger charge is -2.32. The molecule has 2 saturated heterocycles. The van der Waals surface area contributed by atoms with Gasteiger partial charge in [-0.25, -0.2) is 0 Å². The highest BCUT2D eigenvalue weighted by Gasteiger charge is 2.26. The molecule has 9 heteroatoms. The highest BCUT2D eigenvalue weighted by atomic mass is 16.5. The number of rotatable bonds is 4. The molecule has 28 heavy (non-hydrogen) atoms. The second kappa shape index (κ2) is 8.47. The fraction of sp³-hybridized carbons (Fsp3) is 0.526. The second-order valence-electron chi connectivity index (χ2n) is 7.20. The monoisotopic (exact) mass is 384 g/mol. The number of likely N-dealkylation sites (tertiary alicyclic amines) is 1. The Balaban J connectivity index is 1.36. The van der Waals surface area contributed by atoms with Gasteiger partial charge in [0.15, 0.2) is 5.69 Å². The van der Waals surface area contributed by atoms with Crippen molar-refractivity contribution in [3.8, 4) is 0 Å². The summed E-state index contributed by atoms with van der Waals surface area (Å²) in [7, 11) is 0. The van der Waals surface area contributed by atoms with Gasteiger partial charge in [0.2, 0.25) is 0 Å². The van der Waals surface area contributed by atoms with Crippen LogP contribution in [0, 0.1) is 5.92 Å². The van der Waals surface area contributed by atoms with E-state index >= 15 is 0 Å². The van der Waals surface area contributed by atoms with Gasteiger partial charge in [-0.1, -0.05) is 11.3 Å². The maximum absolute atomic E-state index is 12.6. The summed E-state index contributed by atoms with van der Waals surface area (Å²) in [6.45, 7) is 4.31. The first kappa shape index (κ1) is 18.5. The van der Waals surface area contributed by atoms with E-state index in [4.69, 9.17) is 4.74 Å². The predicted octanol–water partition coefficient (Wildman–Crippen LogP) is 0.698. The first-order chi connectivity index (χ1) is 13.7. The van der Waals surface area contributed by atoms with Crippen molar-refractivity contribution in [2.45, 2.75) is 19.4 Å². The van der Waals surface area contributed by atoms with Gasteiger partial charge in [-0.05, 0) is 30.9 Å². The van der Waals surface area contributed by atoms with Gasteiger partial charge < -0.3 is 14.5 Å². The SMILES string of the molecule is O=C(c1ccccn1)N1CCC[C@H](Cn2cc(C(=O)N3CCOCC3)nn2)C1. The number of hydrogen-bond acceptors (Lipinski definition) is 6. The number of ether oxygens (including phenoxy) is 1. The number of pyridine rings is 1. The summed E-state index contributed by atoms with van der Waals surface area (Å²) in [6, 6.07) is 5.37. The fourth-order valence-electron chi connectivity index (χ4n) is 3.73. The molecule has 0 saturated carbocycles. The fourth-order valence-corrected chi connectivity index (χ4v) is 3.73. The van der Waals surface area contributed by atoms with Crippen LogP contribution < -0.4 is 0 Å². The average Bonchev–Trinajstić information content (AvgIpc) is 3.22. The van der Waals surface area contributed by atoms with Gasteiger partial charge >= 0.3 is 0 Å². The third-order valence-electron chi connectivity index (χ3n) is 5.19. The summed E-state index contributed by atoms with van der Waals surface area (Å²) in [5, 5.41) is 8.18. The molecule has 4 rings (SSSR count). The molecule has 9 nitrogen and oxygen atoms in total. The van der Waals surface area contributed by atoms with Gasteiger partial charge in [0.25, 0.3) is 11.8 Å². The van der Waals surface area contributed by atoms with E-state index in [-0.39, 0.29) is 17.7 Å². The third-order valence-corrected chi connectivity index (χ3v) is 5.19. The number of hydrogen-bond donors (Lipinski definition) is 0. The zero-order valence-electron chi connectivity index (χ0n) is 15.7. The van der Waals surface area contributed by atoms with E-state index in [2.05, 4.69) is 15.3 Å². The van der Waals surface area contributed by atoms with E-state index in [0.717, 1.165) is 19.4 Å². The van der Waals surface area contributed by atoms with E-state index in [1.54, 1.807) is 34.1 Å². The molecular weight excluding hydrogens is 360 g/mol. The summed E-state index contributed by atoms with van der Waals surface area (Å²) in [5.74, 6) is 0.131. The molecule has 2 aliphatic heterocycles. The first-order valence-electron chi connectivity index (χ1n) is 9.68. The largest absolute Gasteiger partial charge is 0.378 e. The number of morpholine rings is 1. The molecule has 4 heterocycles. The van der Waals surface area contributed by atoms with Crippen LogP contribution in [-0.2, 0) is 11.3 Å². The Morgan fingerprint density at radius 2 is 1.89 bits per heavy atom. The molecule has 148 valence electrons. The highest BCUT2D eigenvalue weighted by Crippen LogP contribution is 2.20. The van der Waals surface area contributed by atoms with E-state index in [9.17, 15) is 9.59 Å². The van der Waals surface area contributed by atoms with Crippen LogP contribution in [0.5, 0.6) is 0 Å². The van der Waals surface area contributed by atoms with Crippen LogP contribution in [0.2, 0.25) is 0 Å². The van der Waals surface area contributed by atoms with Gasteiger partial charge in [0.05, 0.1) is 19.4 Å². The smallest absolute Gasteiger partial charge is 0.276 e. The summed E-state index contributed by atoms with van der Waals surface area (Å²) in [6.07, 6.45) is 5.30. The van der Waals surface area contributed by atoms with Crippen LogP contribution in [-0.4, -0.2) is 81.0 Å². The Morgan fingerprint density at radius 3 is 2.68 bits per heavy atom. The molecule has 2 fully saturated rings. The van der Waals surface area contributed by atoms with E-state index < -0.39 is 0 Å². The van der Waals surface area contributed by atoms with Crippen LogP contribution in [0.3, 0.4) is 0 Å². The van der Waals surface area contributed by atoms with Crippen molar-refractivity contribution in [3.05, 3.63) is 42.0 Å². The Hall–Kier alpha value is -2.81. The average molecular weight is 384 g/mol. The van der Waals surface area contributed by atoms with Crippen molar-refractivity contribution in [2.24, 2.45) is 5.92 Å². The first-order valence-corrected chi connectivity index (χ1v) is 9.68. The van der Waals surface area contributed by atoms with Crippen molar-refractivity contribution >= 4 is 11.8 Å². The van der Waals surface area contributed by atoms with Crippen LogP contribution in [0.15, 0.2) is 30.6 Å². The Labute approximate surface area is 163 Å². The normalized spacial score (nSPS) is 20.2. The molecule has 0 radical (unpaired) electrons. The topological polar surface area (TPSA) is 93.5 Å². The molecule has 2 aromatic rings. The van der Waals surface area contributed by atoms with Crippen molar-refractivity contribution < 1.29 is 14.3 Å². The molecule has 0 bridgehead atoms. The molecule has 0 aromatic carbocycles. The lowest BCUT2D eigenvalue weighted by atomic mass is 9.97. The maximum atomic E-state index is 12.6. The van der Waals surface area contributed by atoms with Crippen LogP contribution in [0.1, 0.15) is 33.8 Å². The summed E-state index contributed by atoms with van der Waals surface area (Å²) in [4.78, 5) is 32.9. The number of amides is 2. The van der Waals surface area contributed by atoms with Gasteiger partial charge in [0.1, 0.15) is 5.69 Å². The lowest BCUT2D eigenvalue weighted by molar-refractivity contribution is 0.0299. The zero-order chi connectivity index (χ0) is 19.3. The molecule has 2 aromatic heterocycles. The molecular formula is C19H24N6O3. The van der Waals surface area contributed by atoms with Crippen LogP contribution in [0.25, 0.3) is 0 Å². The van der Waals surface area contributed by atoms with Gasteiger partial charge in [-0.15, -0.1) is 5.10 Å². The quantitative estimate of drug-likeness (QED) is 0.770. The molecule has 2 amide bonds. The van der Waals surface area contributed by atoms with Crippen molar-refractivity contribution in [2.75, 3.05) is 39.4 Å². The van der Waals surface area contributed by atoms with Gasteiger partial charge in [0, 0.05) is 38.9 Å². The molecule has 1 atom stereocenters. The van der Waals surface area contributed by atoms with Crippen LogP contribution >= 0.6 is 0 Å². The standard InChI is InChI=1S/C19H24N6O3/c26-18(16-5-1-2-6-20-16)24-7-3-4-15(12-24)13-25-14-17(21-22-25)19(27)23-8-10-28-11-9-23/h1-2,5-6,14-15H,3-4,7-13H2/t15-/m0/s1. The number of carbonyl (C=O) groups is 2. The number of piperidine rings is 1. The predicted molar refractivity (Wildman–Crippen MR) is 99.6 cm³/mol. The van der Waals surface area contributed by atoms with Crippen molar-refractivity contribution in [3.63, 3.8) is 0 Å². The highest BCUT2D eigenvalue weighted by molar-refractivity contribution is 5.92. The minimum Gasteiger partial charge on any atom is -0.378 e. The number of carbonyl (C=O) groups excluding carboxylic acids is 2. The molecule has 0 aliphatic carbocycles. The second-order valence-corrected chi connectivity index (χ2v) is 7.20. The minimum atomic E-state index is -0.106. The minimum absolute atomic E-state index is 0.0351. The molecule has 0 unspecified atom stereocenters. The van der Waals surface area contributed by atoms with Gasteiger partial charge in [-0.2, -0.15) is 0 Å². The Kier molecular flexibility index (Phi) is 5.61. The van der Waals surface area contributed by atoms with E-state index in [0.29, 0.717) is 50.8 Å². The summed E-state index contributed by atoms with van der Waals surface area (Å²) >= 11 is 0. The maximum Gasteiger partial charge on any atom is 0.276 e. The van der Waals surface area contributed by atoms with Crippen LogP contribution in [0.4, 0.5) is 0 Å². The van der Waals surface area contributed by atoms with Gasteiger partial charge in [-0.3, -0.25) is 19.3 Å². The molecule has 0 N–H and O–H groups in total. The van der Waals surface area contributed by atoms with Crippen molar-refractivity contribution in [1.82, 2.24) is 29.8 Å². The number of aromatic nitrogens is 4. The summed E-state index contributed by atoms with van der Waals surface area (Å²) in [5.41, 5.74) is 0.835. The number of nitrogens with zero attached hydrogens (tertiary/aromatic N) is 6. The molecule has 0 spiro atoms. The zero-order valence-corrected chi connectivity index (χ0v) is 15.7. The lowest BCUT2D eigenvalue weighted by Crippen LogP contribution is -2.41. The Morgan fingerprint density at radius 1 is 1.07 bits per heavy atom. The third kappa shape index (κ3) is 4.19. The van der Waals surface area contributed by atoms with E-state index in [1.165, 1.54) is 0 Å².